The van der Waals surface area contributed by atoms with Gasteiger partial charge in [-0.15, -0.1) is 0 Å². The number of ether oxygens (including phenoxy) is 1. The van der Waals surface area contributed by atoms with Crippen LogP contribution >= 0.6 is 0 Å². The molecule has 0 bridgehead atoms. The summed E-state index contributed by atoms with van der Waals surface area (Å²) >= 11 is 0. The SMILES string of the molecule is Cc1ccc(C)c(N2C[C@H](C(=O)Oc3ccc(N4C(=O)[C@@H]5[C@H](C)C=CC[C@H]5C4=O)cc3)CC2=O)c1. The third-order valence-corrected chi connectivity index (χ3v) is 7.30. The Morgan fingerprint density at radius 2 is 1.74 bits per heavy atom. The first kappa shape index (κ1) is 23.0. The number of aryl methyl sites for hydroxylation is 2. The highest BCUT2D eigenvalue weighted by Crippen LogP contribution is 2.40. The molecule has 3 aliphatic rings. The molecule has 0 saturated carbocycles. The van der Waals surface area contributed by atoms with E-state index in [1.165, 1.54) is 4.90 Å². The molecule has 7 nitrogen and oxygen atoms in total. The van der Waals surface area contributed by atoms with Crippen LogP contribution in [0.15, 0.2) is 54.6 Å². The van der Waals surface area contributed by atoms with Gasteiger partial charge in [-0.2, -0.15) is 0 Å². The first-order chi connectivity index (χ1) is 16.7. The zero-order valence-corrected chi connectivity index (χ0v) is 20.1. The molecule has 0 radical (unpaired) electrons. The predicted octanol–water partition coefficient (Wildman–Crippen LogP) is 3.96. The average molecular weight is 473 g/mol. The molecule has 35 heavy (non-hydrogen) atoms. The highest BCUT2D eigenvalue weighted by Gasteiger charge is 2.50. The molecule has 5 rings (SSSR count). The van der Waals surface area contributed by atoms with Crippen LogP contribution in [-0.2, 0) is 19.2 Å². The fraction of sp³-hybridized carbons (Fsp3) is 0.357. The number of benzene rings is 2. The molecule has 1 aliphatic carbocycles. The van der Waals surface area contributed by atoms with Crippen molar-refractivity contribution in [3.63, 3.8) is 0 Å². The number of fused-ring (bicyclic) bond motifs is 1. The molecule has 4 atom stereocenters. The number of imide groups is 1. The van der Waals surface area contributed by atoms with Crippen molar-refractivity contribution in [2.24, 2.45) is 23.7 Å². The Labute approximate surface area is 204 Å². The molecule has 0 N–H and O–H groups in total. The van der Waals surface area contributed by atoms with E-state index in [-0.39, 0.29) is 48.4 Å². The van der Waals surface area contributed by atoms with E-state index in [9.17, 15) is 19.2 Å². The van der Waals surface area contributed by atoms with Gasteiger partial charge in [0.15, 0.2) is 0 Å². The van der Waals surface area contributed by atoms with Gasteiger partial charge in [-0.25, -0.2) is 0 Å². The van der Waals surface area contributed by atoms with Crippen molar-refractivity contribution in [1.82, 2.24) is 0 Å². The van der Waals surface area contributed by atoms with Crippen LogP contribution in [0.3, 0.4) is 0 Å². The highest BCUT2D eigenvalue weighted by molar-refractivity contribution is 6.22. The van der Waals surface area contributed by atoms with Crippen molar-refractivity contribution in [3.8, 4) is 5.75 Å². The number of nitrogens with zero attached hydrogens (tertiary/aromatic N) is 2. The Balaban J connectivity index is 1.26. The maximum atomic E-state index is 13.0. The Morgan fingerprint density at radius 1 is 1.00 bits per heavy atom. The average Bonchev–Trinajstić information content (AvgIpc) is 3.34. The Kier molecular flexibility index (Phi) is 5.79. The van der Waals surface area contributed by atoms with Gasteiger partial charge in [0.25, 0.3) is 0 Å². The molecular weight excluding hydrogens is 444 g/mol. The lowest BCUT2D eigenvalue weighted by molar-refractivity contribution is -0.139. The fourth-order valence-electron chi connectivity index (χ4n) is 5.37. The summed E-state index contributed by atoms with van der Waals surface area (Å²) in [5.41, 5.74) is 3.31. The minimum Gasteiger partial charge on any atom is -0.426 e. The summed E-state index contributed by atoms with van der Waals surface area (Å²) in [7, 11) is 0. The van der Waals surface area contributed by atoms with E-state index in [0.717, 1.165) is 16.8 Å². The number of esters is 1. The molecule has 7 heteroatoms. The Bertz CT molecular complexity index is 1250. The van der Waals surface area contributed by atoms with Crippen LogP contribution in [0.1, 0.15) is 30.9 Å². The van der Waals surface area contributed by atoms with Crippen LogP contribution in [0.5, 0.6) is 5.75 Å². The summed E-state index contributed by atoms with van der Waals surface area (Å²) in [5.74, 6) is -1.83. The number of anilines is 2. The van der Waals surface area contributed by atoms with E-state index >= 15 is 0 Å². The maximum Gasteiger partial charge on any atom is 0.316 e. The van der Waals surface area contributed by atoms with E-state index in [0.29, 0.717) is 17.9 Å². The molecule has 2 saturated heterocycles. The molecule has 2 heterocycles. The number of carbonyl (C=O) groups is 4. The number of rotatable bonds is 4. The van der Waals surface area contributed by atoms with Crippen molar-refractivity contribution in [2.75, 3.05) is 16.3 Å². The van der Waals surface area contributed by atoms with Crippen molar-refractivity contribution >= 4 is 35.1 Å². The summed E-state index contributed by atoms with van der Waals surface area (Å²) in [6, 6.07) is 12.3. The van der Waals surface area contributed by atoms with Crippen LogP contribution in [0.2, 0.25) is 0 Å². The Hall–Kier alpha value is -3.74. The maximum absolute atomic E-state index is 13.0. The monoisotopic (exact) mass is 472 g/mol. The molecule has 0 spiro atoms. The fourth-order valence-corrected chi connectivity index (χ4v) is 5.37. The number of amides is 3. The van der Waals surface area contributed by atoms with Gasteiger partial charge in [0.2, 0.25) is 17.7 Å². The normalized spacial score (nSPS) is 25.9. The van der Waals surface area contributed by atoms with Crippen molar-refractivity contribution in [3.05, 3.63) is 65.7 Å². The van der Waals surface area contributed by atoms with Gasteiger partial charge in [-0.1, -0.05) is 31.2 Å². The highest BCUT2D eigenvalue weighted by atomic mass is 16.5. The van der Waals surface area contributed by atoms with Crippen LogP contribution in [0.25, 0.3) is 0 Å². The molecule has 2 aromatic rings. The van der Waals surface area contributed by atoms with Crippen molar-refractivity contribution in [2.45, 2.75) is 33.6 Å². The Morgan fingerprint density at radius 3 is 2.46 bits per heavy atom. The summed E-state index contributed by atoms with van der Waals surface area (Å²) in [4.78, 5) is 54.2. The first-order valence-corrected chi connectivity index (χ1v) is 12.0. The predicted molar refractivity (Wildman–Crippen MR) is 131 cm³/mol. The third kappa shape index (κ3) is 4.05. The molecule has 2 fully saturated rings. The van der Waals surface area contributed by atoms with Crippen LogP contribution in [0.4, 0.5) is 11.4 Å². The number of carbonyl (C=O) groups excluding carboxylic acids is 4. The number of allylic oxidation sites excluding steroid dienone is 2. The quantitative estimate of drug-likeness (QED) is 0.291. The molecule has 0 aromatic heterocycles. The molecule has 2 aromatic carbocycles. The van der Waals surface area contributed by atoms with Gasteiger partial charge >= 0.3 is 5.97 Å². The number of hydrogen-bond acceptors (Lipinski definition) is 5. The second-order valence-corrected chi connectivity index (χ2v) is 9.78. The lowest BCUT2D eigenvalue weighted by Gasteiger charge is -2.22. The molecule has 3 amide bonds. The molecule has 0 unspecified atom stereocenters. The molecule has 180 valence electrons. The van der Waals surface area contributed by atoms with Crippen molar-refractivity contribution < 1.29 is 23.9 Å². The van der Waals surface area contributed by atoms with E-state index in [4.69, 9.17) is 4.74 Å². The summed E-state index contributed by atoms with van der Waals surface area (Å²) in [6.45, 7) is 6.14. The summed E-state index contributed by atoms with van der Waals surface area (Å²) in [5, 5.41) is 0. The van der Waals surface area contributed by atoms with E-state index < -0.39 is 11.9 Å². The van der Waals surface area contributed by atoms with Gasteiger partial charge in [0.05, 0.1) is 23.4 Å². The van der Waals surface area contributed by atoms with E-state index in [2.05, 4.69) is 0 Å². The topological polar surface area (TPSA) is 84.0 Å². The minimum absolute atomic E-state index is 0.0210. The van der Waals surface area contributed by atoms with Crippen molar-refractivity contribution in [1.29, 1.82) is 0 Å². The van der Waals surface area contributed by atoms with Gasteiger partial charge in [0, 0.05) is 18.7 Å². The van der Waals surface area contributed by atoms with Gasteiger partial charge in [-0.05, 0) is 67.6 Å². The lowest BCUT2D eigenvalue weighted by Crippen LogP contribution is -2.31. The first-order valence-electron chi connectivity index (χ1n) is 12.0. The van der Waals surface area contributed by atoms with Gasteiger partial charge in [-0.3, -0.25) is 24.1 Å². The standard InChI is InChI=1S/C28H28N2O5/c1-16-7-8-17(2)23(13-16)29-15-19(14-24(29)31)28(34)35-21-11-9-20(10-12-21)30-26(32)22-6-4-5-18(3)25(22)27(30)33/h4-5,7-13,18-19,22,25H,6,14-15H2,1-3H3/t18-,19-,22-,25-/m1/s1. The van der Waals surface area contributed by atoms with E-state index in [1.54, 1.807) is 29.2 Å². The smallest absolute Gasteiger partial charge is 0.316 e. The second-order valence-electron chi connectivity index (χ2n) is 9.78. The number of hydrogen-bond donors (Lipinski definition) is 0. The summed E-state index contributed by atoms with van der Waals surface area (Å²) in [6.07, 6.45) is 4.63. The third-order valence-electron chi connectivity index (χ3n) is 7.30. The zero-order valence-electron chi connectivity index (χ0n) is 20.1. The van der Waals surface area contributed by atoms with Crippen LogP contribution < -0.4 is 14.5 Å². The largest absolute Gasteiger partial charge is 0.426 e. The zero-order chi connectivity index (χ0) is 24.9. The lowest BCUT2D eigenvalue weighted by atomic mass is 9.78. The van der Waals surface area contributed by atoms with E-state index in [1.807, 2.05) is 51.1 Å². The molecular formula is C28H28N2O5. The van der Waals surface area contributed by atoms with Gasteiger partial charge in [0.1, 0.15) is 5.75 Å². The van der Waals surface area contributed by atoms with Crippen LogP contribution in [-0.4, -0.2) is 30.2 Å². The van der Waals surface area contributed by atoms with Crippen LogP contribution in [0, 0.1) is 37.5 Å². The van der Waals surface area contributed by atoms with Gasteiger partial charge < -0.3 is 9.64 Å². The summed E-state index contributed by atoms with van der Waals surface area (Å²) < 4.78 is 5.55. The minimum atomic E-state index is -0.569. The molecule has 2 aliphatic heterocycles. The second kappa shape index (κ2) is 8.80.